The minimum absolute atomic E-state index is 0.445. The van der Waals surface area contributed by atoms with Gasteiger partial charge in [-0.2, -0.15) is 0 Å². The first-order valence-electron chi connectivity index (χ1n) is 2.97. The molecule has 0 fully saturated rings. The summed E-state index contributed by atoms with van der Waals surface area (Å²) in [5, 5.41) is 12.2. The van der Waals surface area contributed by atoms with E-state index in [2.05, 4.69) is 52.9 Å². The van der Waals surface area contributed by atoms with E-state index in [1.807, 2.05) is 0 Å². The summed E-state index contributed by atoms with van der Waals surface area (Å²) in [6.45, 7) is -0.445. The van der Waals surface area contributed by atoms with Crippen molar-refractivity contribution in [1.82, 2.24) is 9.94 Å². The molecule has 0 aliphatic heterocycles. The largest absolute Gasteiger partial charge is 0.479 e. The van der Waals surface area contributed by atoms with Gasteiger partial charge in [-0.25, -0.2) is 4.79 Å². The molecule has 1 rings (SSSR count). The lowest BCUT2D eigenvalue weighted by molar-refractivity contribution is -0.143. The normalized spacial score (nSPS) is 10.1. The Balaban J connectivity index is 2.78. The highest BCUT2D eigenvalue weighted by atomic mass is 79.9. The zero-order chi connectivity index (χ0) is 10.0. The Kier molecular flexibility index (Phi) is 3.74. The van der Waals surface area contributed by atoms with Crippen molar-refractivity contribution in [3.05, 3.63) is 13.7 Å². The van der Waals surface area contributed by atoms with Crippen molar-refractivity contribution in [2.45, 2.75) is 0 Å². The van der Waals surface area contributed by atoms with Crippen molar-refractivity contribution >= 4 is 53.8 Å². The highest BCUT2D eigenvalue weighted by Gasteiger charge is 2.12. The van der Waals surface area contributed by atoms with E-state index < -0.39 is 12.6 Å². The van der Waals surface area contributed by atoms with Gasteiger partial charge in [-0.1, -0.05) is 4.85 Å². The molecule has 0 amide bonds. The van der Waals surface area contributed by atoms with Gasteiger partial charge in [0.25, 0.3) is 0 Å². The fourth-order valence-corrected chi connectivity index (χ4v) is 1.74. The van der Waals surface area contributed by atoms with Crippen LogP contribution in [0.2, 0.25) is 0 Å². The highest BCUT2D eigenvalue weighted by molar-refractivity contribution is 9.14. The molecule has 0 radical (unpaired) electrons. The van der Waals surface area contributed by atoms with Gasteiger partial charge in [0.15, 0.2) is 4.60 Å². The minimum Gasteiger partial charge on any atom is -0.479 e. The molecule has 0 saturated carbocycles. The number of carboxylic acids is 1. The fraction of sp³-hybridized carbons (Fsp3) is 0.200. The summed E-state index contributed by atoms with van der Waals surface area (Å²) >= 11 is 9.50. The lowest BCUT2D eigenvalue weighted by atomic mass is 10.7. The van der Waals surface area contributed by atoms with E-state index in [9.17, 15) is 4.79 Å². The van der Waals surface area contributed by atoms with E-state index >= 15 is 0 Å². The first-order chi connectivity index (χ1) is 6.02. The lowest BCUT2D eigenvalue weighted by Crippen LogP contribution is -2.20. The molecule has 8 heteroatoms. The van der Waals surface area contributed by atoms with E-state index in [1.54, 1.807) is 0 Å². The average Bonchev–Trinajstić information content (AvgIpc) is 2.29. The molecule has 0 aliphatic rings. The smallest absolute Gasteiger partial charge is 0.344 e. The number of carbonyl (C=O) groups is 1. The Bertz CT molecular complexity index is 338. The average molecular weight is 379 g/mol. The fourth-order valence-electron chi connectivity index (χ4n) is 0.539. The Morgan fingerprint density at radius 2 is 2.15 bits per heavy atom. The molecule has 1 aromatic rings. The molecule has 0 atom stereocenters. The van der Waals surface area contributed by atoms with Crippen LogP contribution in [0.1, 0.15) is 0 Å². The molecule has 0 unspecified atom stereocenters. The third kappa shape index (κ3) is 2.68. The van der Waals surface area contributed by atoms with Gasteiger partial charge in [-0.15, -0.1) is 5.10 Å². The first kappa shape index (κ1) is 11.0. The number of nitrogens with zero attached hydrogens (tertiary/aromatic N) is 2. The van der Waals surface area contributed by atoms with Gasteiger partial charge in [0.2, 0.25) is 6.61 Å². The third-order valence-electron chi connectivity index (χ3n) is 1.02. The Morgan fingerprint density at radius 1 is 1.54 bits per heavy atom. The second kappa shape index (κ2) is 4.43. The van der Waals surface area contributed by atoms with E-state index in [0.717, 1.165) is 4.85 Å². The second-order valence-corrected chi connectivity index (χ2v) is 4.23. The summed E-state index contributed by atoms with van der Waals surface area (Å²) in [6, 6.07) is 0. The van der Waals surface area contributed by atoms with Crippen LogP contribution in [0, 0.1) is 0 Å². The number of aliphatic carboxylic acids is 1. The molecular weight excluding hydrogens is 376 g/mol. The summed E-state index contributed by atoms with van der Waals surface area (Å²) in [6.07, 6.45) is 0. The maximum Gasteiger partial charge on any atom is 0.344 e. The monoisotopic (exact) mass is 376 g/mol. The summed E-state index contributed by atoms with van der Waals surface area (Å²) < 4.78 is 1.71. The van der Waals surface area contributed by atoms with Gasteiger partial charge in [-0.3, -0.25) is 0 Å². The van der Waals surface area contributed by atoms with Crippen LogP contribution in [0.3, 0.4) is 0 Å². The molecule has 0 bridgehead atoms. The zero-order valence-corrected chi connectivity index (χ0v) is 10.8. The van der Waals surface area contributed by atoms with Crippen molar-refractivity contribution < 1.29 is 14.7 Å². The third-order valence-corrected chi connectivity index (χ3v) is 4.09. The van der Waals surface area contributed by atoms with Gasteiger partial charge < -0.3 is 9.94 Å². The standard InChI is InChI=1S/C5H3Br3N2O3/c6-3-4(7)9-10(5(3)8)13-1-2(11)12/h1H2,(H,11,12). The van der Waals surface area contributed by atoms with Crippen LogP contribution < -0.4 is 4.84 Å². The molecule has 13 heavy (non-hydrogen) atoms. The van der Waals surface area contributed by atoms with Gasteiger partial charge in [0, 0.05) is 0 Å². The van der Waals surface area contributed by atoms with E-state index in [-0.39, 0.29) is 0 Å². The van der Waals surface area contributed by atoms with Crippen molar-refractivity contribution in [2.75, 3.05) is 6.61 Å². The number of rotatable bonds is 3. The van der Waals surface area contributed by atoms with Crippen LogP contribution >= 0.6 is 47.8 Å². The number of hydrogen-bond donors (Lipinski definition) is 1. The van der Waals surface area contributed by atoms with E-state index in [1.165, 1.54) is 0 Å². The molecule has 0 aliphatic carbocycles. The van der Waals surface area contributed by atoms with Crippen LogP contribution in [0.25, 0.3) is 0 Å². The van der Waals surface area contributed by atoms with Crippen molar-refractivity contribution in [3.63, 3.8) is 0 Å². The lowest BCUT2D eigenvalue weighted by Gasteiger charge is -2.01. The number of halogens is 3. The van der Waals surface area contributed by atoms with Crippen LogP contribution in [-0.2, 0) is 4.79 Å². The summed E-state index contributed by atoms with van der Waals surface area (Å²) in [5.74, 6) is -1.06. The number of carboxylic acid groups (broad SMARTS) is 1. The van der Waals surface area contributed by atoms with Crippen LogP contribution in [0.4, 0.5) is 0 Å². The Morgan fingerprint density at radius 3 is 2.54 bits per heavy atom. The predicted octanol–water partition coefficient (Wildman–Crippen LogP) is 1.68. The molecule has 1 heterocycles. The molecule has 5 nitrogen and oxygen atoms in total. The maximum atomic E-state index is 10.2. The van der Waals surface area contributed by atoms with E-state index in [4.69, 9.17) is 9.94 Å². The quantitative estimate of drug-likeness (QED) is 0.869. The van der Waals surface area contributed by atoms with Crippen molar-refractivity contribution in [2.24, 2.45) is 0 Å². The summed E-state index contributed by atoms with van der Waals surface area (Å²) in [4.78, 5) is 16.0. The second-order valence-electron chi connectivity index (χ2n) is 1.94. The van der Waals surface area contributed by atoms with Gasteiger partial charge in [0.1, 0.15) is 4.60 Å². The first-order valence-corrected chi connectivity index (χ1v) is 5.35. The molecule has 1 N–H and O–H groups in total. The zero-order valence-electron chi connectivity index (χ0n) is 6.00. The molecule has 72 valence electrons. The maximum absolute atomic E-state index is 10.2. The summed E-state index contributed by atoms with van der Waals surface area (Å²) in [5.41, 5.74) is 0. The molecule has 0 spiro atoms. The van der Waals surface area contributed by atoms with Gasteiger partial charge in [0.05, 0.1) is 4.47 Å². The molecule has 0 aromatic carbocycles. The van der Waals surface area contributed by atoms with E-state index in [0.29, 0.717) is 13.7 Å². The Labute approximate surface area is 98.4 Å². The Hall–Kier alpha value is -0.0800. The molecule has 0 saturated heterocycles. The minimum atomic E-state index is -1.06. The van der Waals surface area contributed by atoms with Crippen molar-refractivity contribution in [1.29, 1.82) is 0 Å². The molecular formula is C5H3Br3N2O3. The highest BCUT2D eigenvalue weighted by Crippen LogP contribution is 2.29. The van der Waals surface area contributed by atoms with Gasteiger partial charge >= 0.3 is 5.97 Å². The number of aromatic nitrogens is 2. The topological polar surface area (TPSA) is 64.3 Å². The predicted molar refractivity (Wildman–Crippen MR) is 54.4 cm³/mol. The van der Waals surface area contributed by atoms with Crippen LogP contribution in [0.5, 0.6) is 0 Å². The summed E-state index contributed by atoms with van der Waals surface area (Å²) in [7, 11) is 0. The SMILES string of the molecule is O=C(O)COn1nc(Br)c(Br)c1Br. The van der Waals surface area contributed by atoms with Crippen molar-refractivity contribution in [3.8, 4) is 0 Å². The van der Waals surface area contributed by atoms with Crippen LogP contribution in [0.15, 0.2) is 13.7 Å². The van der Waals surface area contributed by atoms with Gasteiger partial charge in [-0.05, 0) is 47.8 Å². The van der Waals surface area contributed by atoms with Crippen LogP contribution in [-0.4, -0.2) is 27.6 Å². The molecule has 1 aromatic heterocycles. The number of hydrogen-bond acceptors (Lipinski definition) is 3.